The monoisotopic (exact) mass is 234 g/mol. The summed E-state index contributed by atoms with van der Waals surface area (Å²) in [5.41, 5.74) is 0.577. The second-order valence-electron chi connectivity index (χ2n) is 3.73. The minimum atomic E-state index is -0.599. The Bertz CT molecular complexity index is 401. The van der Waals surface area contributed by atoms with Crippen LogP contribution in [0.4, 0.5) is 5.69 Å². The Morgan fingerprint density at radius 1 is 1.24 bits per heavy atom. The fourth-order valence-corrected chi connectivity index (χ4v) is 1.63. The summed E-state index contributed by atoms with van der Waals surface area (Å²) in [6.07, 6.45) is 3.12. The predicted octanol–water partition coefficient (Wildman–Crippen LogP) is -0.548. The van der Waals surface area contributed by atoms with Gasteiger partial charge in [0.1, 0.15) is 0 Å². The maximum atomic E-state index is 11.8. The molecule has 1 aliphatic heterocycles. The third-order valence-electron chi connectivity index (χ3n) is 2.54. The van der Waals surface area contributed by atoms with E-state index in [9.17, 15) is 9.59 Å². The number of anilines is 1. The highest BCUT2D eigenvalue weighted by Crippen LogP contribution is 2.04. The van der Waals surface area contributed by atoms with Gasteiger partial charge in [0, 0.05) is 44.3 Å². The lowest BCUT2D eigenvalue weighted by Crippen LogP contribution is -2.49. The summed E-state index contributed by atoms with van der Waals surface area (Å²) in [6.45, 7) is 2.60. The van der Waals surface area contributed by atoms with E-state index in [1.54, 1.807) is 29.4 Å². The zero-order valence-electron chi connectivity index (χ0n) is 9.35. The van der Waals surface area contributed by atoms with Crippen molar-refractivity contribution in [3.8, 4) is 0 Å². The van der Waals surface area contributed by atoms with E-state index in [1.165, 1.54) is 0 Å². The molecule has 0 spiro atoms. The number of nitrogens with zero attached hydrogens (tertiary/aromatic N) is 2. The number of amides is 2. The van der Waals surface area contributed by atoms with Crippen LogP contribution in [0.25, 0.3) is 0 Å². The van der Waals surface area contributed by atoms with Crippen LogP contribution in [0, 0.1) is 0 Å². The van der Waals surface area contributed by atoms with Crippen molar-refractivity contribution in [1.29, 1.82) is 0 Å². The summed E-state index contributed by atoms with van der Waals surface area (Å²) in [5.74, 6) is -1.08. The smallest absolute Gasteiger partial charge is 0.313 e. The first-order chi connectivity index (χ1) is 8.27. The van der Waals surface area contributed by atoms with Gasteiger partial charge in [-0.1, -0.05) is 0 Å². The molecule has 2 heterocycles. The van der Waals surface area contributed by atoms with Gasteiger partial charge < -0.3 is 15.5 Å². The number of nitrogens with one attached hydrogen (secondary N) is 2. The largest absolute Gasteiger partial charge is 0.332 e. The Morgan fingerprint density at radius 2 is 1.88 bits per heavy atom. The number of hydrogen-bond donors (Lipinski definition) is 2. The quantitative estimate of drug-likeness (QED) is 0.639. The van der Waals surface area contributed by atoms with Crippen molar-refractivity contribution in [3.05, 3.63) is 24.5 Å². The van der Waals surface area contributed by atoms with E-state index < -0.39 is 11.8 Å². The Kier molecular flexibility index (Phi) is 3.66. The Balaban J connectivity index is 1.93. The summed E-state index contributed by atoms with van der Waals surface area (Å²) in [7, 11) is 0. The van der Waals surface area contributed by atoms with Crippen LogP contribution < -0.4 is 10.6 Å². The minimum absolute atomic E-state index is 0.483. The molecule has 2 amide bonds. The normalized spacial score (nSPS) is 15.4. The molecule has 6 nitrogen and oxygen atoms in total. The summed E-state index contributed by atoms with van der Waals surface area (Å²) in [4.78, 5) is 28.8. The van der Waals surface area contributed by atoms with Crippen LogP contribution in [0.15, 0.2) is 24.5 Å². The van der Waals surface area contributed by atoms with Gasteiger partial charge in [0.2, 0.25) is 0 Å². The van der Waals surface area contributed by atoms with Crippen LogP contribution in [0.5, 0.6) is 0 Å². The van der Waals surface area contributed by atoms with Crippen LogP contribution in [0.3, 0.4) is 0 Å². The van der Waals surface area contributed by atoms with Crippen molar-refractivity contribution in [2.45, 2.75) is 0 Å². The molecule has 0 saturated carbocycles. The second-order valence-corrected chi connectivity index (χ2v) is 3.73. The van der Waals surface area contributed by atoms with Crippen LogP contribution in [0.1, 0.15) is 0 Å². The van der Waals surface area contributed by atoms with Crippen molar-refractivity contribution in [3.63, 3.8) is 0 Å². The summed E-state index contributed by atoms with van der Waals surface area (Å²) < 4.78 is 0. The molecule has 0 aliphatic carbocycles. The maximum absolute atomic E-state index is 11.8. The first kappa shape index (κ1) is 11.5. The molecular weight excluding hydrogens is 220 g/mol. The first-order valence-electron chi connectivity index (χ1n) is 5.48. The van der Waals surface area contributed by atoms with Crippen LogP contribution >= 0.6 is 0 Å². The fourth-order valence-electron chi connectivity index (χ4n) is 1.63. The van der Waals surface area contributed by atoms with Gasteiger partial charge in [0.25, 0.3) is 0 Å². The van der Waals surface area contributed by atoms with Crippen LogP contribution in [-0.4, -0.2) is 47.9 Å². The van der Waals surface area contributed by atoms with E-state index in [4.69, 9.17) is 0 Å². The van der Waals surface area contributed by atoms with Crippen molar-refractivity contribution in [1.82, 2.24) is 15.2 Å². The van der Waals surface area contributed by atoms with Gasteiger partial charge in [-0.2, -0.15) is 0 Å². The van der Waals surface area contributed by atoms with E-state index in [1.807, 2.05) is 0 Å². The molecule has 90 valence electrons. The van der Waals surface area contributed by atoms with Gasteiger partial charge in [-0.25, -0.2) is 0 Å². The van der Waals surface area contributed by atoms with E-state index in [0.29, 0.717) is 18.8 Å². The Morgan fingerprint density at radius 3 is 2.53 bits per heavy atom. The average molecular weight is 234 g/mol. The standard InChI is InChI=1S/C11H14N4O2/c16-10(14-9-1-3-12-4-2-9)11(17)15-7-5-13-6-8-15/h1-4,13H,5-8H2,(H,12,14,16). The molecule has 0 bridgehead atoms. The molecule has 1 saturated heterocycles. The van der Waals surface area contributed by atoms with Gasteiger partial charge in [-0.3, -0.25) is 14.6 Å². The van der Waals surface area contributed by atoms with Crippen molar-refractivity contribution < 1.29 is 9.59 Å². The summed E-state index contributed by atoms with van der Waals surface area (Å²) >= 11 is 0. The van der Waals surface area contributed by atoms with Crippen molar-refractivity contribution >= 4 is 17.5 Å². The van der Waals surface area contributed by atoms with Gasteiger partial charge in [-0.05, 0) is 12.1 Å². The molecule has 2 N–H and O–H groups in total. The van der Waals surface area contributed by atoms with Crippen LogP contribution in [-0.2, 0) is 9.59 Å². The molecule has 0 atom stereocenters. The van der Waals surface area contributed by atoms with E-state index >= 15 is 0 Å². The first-order valence-corrected chi connectivity index (χ1v) is 5.48. The summed E-state index contributed by atoms with van der Waals surface area (Å²) in [5, 5.41) is 5.67. The molecule has 6 heteroatoms. The molecule has 0 unspecified atom stereocenters. The van der Waals surface area contributed by atoms with Crippen molar-refractivity contribution in [2.75, 3.05) is 31.5 Å². The third kappa shape index (κ3) is 3.01. The zero-order valence-corrected chi connectivity index (χ0v) is 9.35. The molecular formula is C11H14N4O2. The van der Waals surface area contributed by atoms with E-state index in [-0.39, 0.29) is 0 Å². The zero-order chi connectivity index (χ0) is 12.1. The number of piperazine rings is 1. The van der Waals surface area contributed by atoms with E-state index in [0.717, 1.165) is 13.1 Å². The second kappa shape index (κ2) is 5.40. The third-order valence-corrected chi connectivity index (χ3v) is 2.54. The topological polar surface area (TPSA) is 74.3 Å². The molecule has 1 fully saturated rings. The van der Waals surface area contributed by atoms with Gasteiger partial charge in [-0.15, -0.1) is 0 Å². The molecule has 0 aromatic carbocycles. The SMILES string of the molecule is O=C(Nc1ccncc1)C(=O)N1CCNCC1. The number of pyridine rings is 1. The maximum Gasteiger partial charge on any atom is 0.313 e. The average Bonchev–Trinajstić information content (AvgIpc) is 2.40. The summed E-state index contributed by atoms with van der Waals surface area (Å²) in [6, 6.07) is 3.28. The number of carbonyl (C=O) groups excluding carboxylic acids is 2. The minimum Gasteiger partial charge on any atom is -0.332 e. The number of carbonyl (C=O) groups is 2. The highest BCUT2D eigenvalue weighted by atomic mass is 16.2. The van der Waals surface area contributed by atoms with Crippen molar-refractivity contribution in [2.24, 2.45) is 0 Å². The number of aromatic nitrogens is 1. The lowest BCUT2D eigenvalue weighted by atomic mass is 10.3. The molecule has 1 aromatic rings. The van der Waals surface area contributed by atoms with Gasteiger partial charge in [0.15, 0.2) is 0 Å². The highest BCUT2D eigenvalue weighted by molar-refractivity contribution is 6.39. The Hall–Kier alpha value is -1.95. The molecule has 1 aliphatic rings. The van der Waals surface area contributed by atoms with E-state index in [2.05, 4.69) is 15.6 Å². The predicted molar refractivity (Wildman–Crippen MR) is 62.3 cm³/mol. The number of hydrogen-bond acceptors (Lipinski definition) is 4. The van der Waals surface area contributed by atoms with Gasteiger partial charge >= 0.3 is 11.8 Å². The lowest BCUT2D eigenvalue weighted by molar-refractivity contribution is -0.143. The molecule has 2 rings (SSSR count). The number of rotatable bonds is 1. The highest BCUT2D eigenvalue weighted by Gasteiger charge is 2.22. The van der Waals surface area contributed by atoms with Crippen LogP contribution in [0.2, 0.25) is 0 Å². The molecule has 1 aromatic heterocycles. The fraction of sp³-hybridized carbons (Fsp3) is 0.364. The Labute approximate surface area is 99.0 Å². The van der Waals surface area contributed by atoms with Gasteiger partial charge in [0.05, 0.1) is 0 Å². The lowest BCUT2D eigenvalue weighted by Gasteiger charge is -2.26. The molecule has 17 heavy (non-hydrogen) atoms. The molecule has 0 radical (unpaired) electrons.